The molecule has 224 valence electrons. The Morgan fingerprint density at radius 1 is 1.00 bits per heavy atom. The standard InChI is InChI=1S/C34H41N5O3Si/c1-9-31(40)36-26-14-16-27(17-15-26)39-32(41)20-25(18-19-43(22(2)3,23(4)5)24(6)7)28-21-35-34(38-33(28)39)37-29-12-10-11-13-30(29)42-8/h10-17,20-24H,9H2,1-8H3,(H,36,40)(H,35,37,38). The van der Waals surface area contributed by atoms with E-state index in [9.17, 15) is 9.59 Å². The number of para-hydroxylation sites is 2. The summed E-state index contributed by atoms with van der Waals surface area (Å²) in [5.41, 5.74) is 7.85. The minimum absolute atomic E-state index is 0.0816. The molecule has 2 aromatic heterocycles. The number of pyridine rings is 1. The Hall–Kier alpha value is -4.42. The zero-order valence-electron chi connectivity index (χ0n) is 26.3. The second-order valence-electron chi connectivity index (χ2n) is 11.6. The van der Waals surface area contributed by atoms with Crippen molar-refractivity contribution < 1.29 is 9.53 Å². The first-order chi connectivity index (χ1) is 20.5. The van der Waals surface area contributed by atoms with Crippen molar-refractivity contribution in [2.24, 2.45) is 0 Å². The molecule has 9 heteroatoms. The first-order valence-corrected chi connectivity index (χ1v) is 17.0. The minimum atomic E-state index is -2.06. The molecule has 4 aromatic rings. The predicted octanol–water partition coefficient (Wildman–Crippen LogP) is 7.45. The van der Waals surface area contributed by atoms with E-state index in [1.165, 1.54) is 0 Å². The average Bonchev–Trinajstić information content (AvgIpc) is 2.97. The summed E-state index contributed by atoms with van der Waals surface area (Å²) in [5.74, 6) is 4.33. The predicted molar refractivity (Wildman–Crippen MR) is 178 cm³/mol. The molecule has 0 saturated heterocycles. The van der Waals surface area contributed by atoms with E-state index in [0.29, 0.717) is 68.4 Å². The molecule has 0 aliphatic carbocycles. The van der Waals surface area contributed by atoms with E-state index in [0.717, 1.165) is 0 Å². The number of methoxy groups -OCH3 is 1. The maximum atomic E-state index is 13.8. The highest BCUT2D eigenvalue weighted by molar-refractivity contribution is 6.90. The number of benzene rings is 2. The lowest BCUT2D eigenvalue weighted by Gasteiger charge is -2.38. The second kappa shape index (κ2) is 13.3. The molecule has 2 N–H and O–H groups in total. The van der Waals surface area contributed by atoms with Crippen molar-refractivity contribution in [3.63, 3.8) is 0 Å². The molecule has 0 spiro atoms. The molecule has 0 aliphatic rings. The quantitative estimate of drug-likeness (QED) is 0.154. The minimum Gasteiger partial charge on any atom is -0.495 e. The van der Waals surface area contributed by atoms with Crippen LogP contribution in [0.2, 0.25) is 16.6 Å². The normalized spacial score (nSPS) is 11.5. The molecule has 0 unspecified atom stereocenters. The van der Waals surface area contributed by atoms with Gasteiger partial charge in [-0.2, -0.15) is 4.98 Å². The van der Waals surface area contributed by atoms with Crippen molar-refractivity contribution in [3.8, 4) is 22.9 Å². The fourth-order valence-corrected chi connectivity index (χ4v) is 11.2. The van der Waals surface area contributed by atoms with Gasteiger partial charge in [0, 0.05) is 29.9 Å². The SMILES string of the molecule is CCC(=O)Nc1ccc(-n2c(=O)cc(C#C[Si](C(C)C)(C(C)C)C(C)C)c3cnc(Nc4ccccc4OC)nc32)cc1. The van der Waals surface area contributed by atoms with Crippen molar-refractivity contribution in [3.05, 3.63) is 76.7 Å². The summed E-state index contributed by atoms with van der Waals surface area (Å²) in [4.78, 5) is 35.1. The van der Waals surface area contributed by atoms with Crippen molar-refractivity contribution in [2.75, 3.05) is 17.7 Å². The second-order valence-corrected chi connectivity index (χ2v) is 17.2. The van der Waals surface area contributed by atoms with Gasteiger partial charge in [-0.3, -0.25) is 14.2 Å². The monoisotopic (exact) mass is 595 g/mol. The highest BCUT2D eigenvalue weighted by Gasteiger charge is 2.41. The van der Waals surface area contributed by atoms with Crippen LogP contribution >= 0.6 is 0 Å². The number of aromatic nitrogens is 3. The Morgan fingerprint density at radius 3 is 2.26 bits per heavy atom. The van der Waals surface area contributed by atoms with Crippen LogP contribution in [-0.4, -0.2) is 35.6 Å². The summed E-state index contributed by atoms with van der Waals surface area (Å²) in [6, 6.07) is 16.2. The van der Waals surface area contributed by atoms with Crippen molar-refractivity contribution in [2.45, 2.75) is 71.5 Å². The van der Waals surface area contributed by atoms with Crippen LogP contribution in [0.3, 0.4) is 0 Å². The number of nitrogens with one attached hydrogen (secondary N) is 2. The molecule has 0 bridgehead atoms. The van der Waals surface area contributed by atoms with Crippen molar-refractivity contribution in [1.82, 2.24) is 14.5 Å². The van der Waals surface area contributed by atoms with Gasteiger partial charge < -0.3 is 15.4 Å². The van der Waals surface area contributed by atoms with Gasteiger partial charge in [0.2, 0.25) is 11.9 Å². The summed E-state index contributed by atoms with van der Waals surface area (Å²) >= 11 is 0. The Labute approximate surface area is 254 Å². The number of anilines is 3. The van der Waals surface area contributed by atoms with Crippen LogP contribution in [0.15, 0.2) is 65.6 Å². The molecule has 2 aromatic carbocycles. The maximum Gasteiger partial charge on any atom is 0.258 e. The fourth-order valence-electron chi connectivity index (χ4n) is 5.94. The van der Waals surface area contributed by atoms with Gasteiger partial charge in [-0.05, 0) is 53.0 Å². The van der Waals surface area contributed by atoms with Gasteiger partial charge in [-0.25, -0.2) is 4.98 Å². The Kier molecular flexibility index (Phi) is 9.72. The van der Waals surface area contributed by atoms with E-state index in [2.05, 4.69) is 68.6 Å². The lowest BCUT2D eigenvalue weighted by Crippen LogP contribution is -2.43. The number of carbonyl (C=O) groups excluding carboxylic acids is 1. The summed E-state index contributed by atoms with van der Waals surface area (Å²) in [5, 5.41) is 6.76. The van der Waals surface area contributed by atoms with Gasteiger partial charge in [0.15, 0.2) is 5.65 Å². The van der Waals surface area contributed by atoms with Gasteiger partial charge >= 0.3 is 0 Å². The van der Waals surface area contributed by atoms with Gasteiger partial charge in [-0.15, -0.1) is 5.54 Å². The lowest BCUT2D eigenvalue weighted by atomic mass is 10.1. The molecule has 2 heterocycles. The number of rotatable bonds is 9. The molecule has 0 atom stereocenters. The molecule has 0 radical (unpaired) electrons. The highest BCUT2D eigenvalue weighted by Crippen LogP contribution is 2.41. The van der Waals surface area contributed by atoms with Gasteiger partial charge in [0.25, 0.3) is 5.56 Å². The van der Waals surface area contributed by atoms with Crippen LogP contribution in [0.25, 0.3) is 16.7 Å². The summed E-state index contributed by atoms with van der Waals surface area (Å²) in [6.45, 7) is 15.4. The lowest BCUT2D eigenvalue weighted by molar-refractivity contribution is -0.115. The third-order valence-electron chi connectivity index (χ3n) is 8.12. The third-order valence-corrected chi connectivity index (χ3v) is 14.4. The maximum absolute atomic E-state index is 13.8. The molecule has 1 amide bonds. The van der Waals surface area contributed by atoms with E-state index in [1.54, 1.807) is 55.1 Å². The van der Waals surface area contributed by atoms with Crippen molar-refractivity contribution >= 4 is 42.3 Å². The van der Waals surface area contributed by atoms with E-state index in [-0.39, 0.29) is 11.5 Å². The molecular weight excluding hydrogens is 554 g/mol. The molecular formula is C34H41N5O3Si. The largest absolute Gasteiger partial charge is 0.495 e. The number of carbonyl (C=O) groups is 1. The number of hydrogen-bond donors (Lipinski definition) is 2. The zero-order chi connectivity index (χ0) is 31.3. The average molecular weight is 596 g/mol. The van der Waals surface area contributed by atoms with Crippen molar-refractivity contribution in [1.29, 1.82) is 0 Å². The van der Waals surface area contributed by atoms with Crippen LogP contribution in [0.4, 0.5) is 17.3 Å². The number of ether oxygens (including phenoxy) is 1. The molecule has 4 rings (SSSR count). The molecule has 8 nitrogen and oxygen atoms in total. The first-order valence-electron chi connectivity index (χ1n) is 14.8. The number of nitrogens with zero attached hydrogens (tertiary/aromatic N) is 3. The molecule has 0 saturated carbocycles. The van der Waals surface area contributed by atoms with E-state index in [1.807, 2.05) is 24.3 Å². The number of fused-ring (bicyclic) bond motifs is 1. The van der Waals surface area contributed by atoms with Gasteiger partial charge in [0.1, 0.15) is 13.8 Å². The van der Waals surface area contributed by atoms with E-state index < -0.39 is 8.07 Å². The van der Waals surface area contributed by atoms with E-state index in [4.69, 9.17) is 9.72 Å². The van der Waals surface area contributed by atoms with Crippen LogP contribution < -0.4 is 20.9 Å². The van der Waals surface area contributed by atoms with Gasteiger partial charge in [-0.1, -0.05) is 66.5 Å². The van der Waals surface area contributed by atoms with Crippen LogP contribution in [0.1, 0.15) is 60.5 Å². The molecule has 0 fully saturated rings. The Morgan fingerprint density at radius 2 is 1.65 bits per heavy atom. The van der Waals surface area contributed by atoms with Crippen LogP contribution in [0, 0.1) is 11.5 Å². The van der Waals surface area contributed by atoms with Crippen LogP contribution in [-0.2, 0) is 4.79 Å². The first kappa shape index (κ1) is 31.5. The summed E-state index contributed by atoms with van der Waals surface area (Å²) in [7, 11) is -0.457. The summed E-state index contributed by atoms with van der Waals surface area (Å²) < 4.78 is 7.04. The molecule has 43 heavy (non-hydrogen) atoms. The highest BCUT2D eigenvalue weighted by atomic mass is 28.3. The topological polar surface area (TPSA) is 98.1 Å². The van der Waals surface area contributed by atoms with E-state index >= 15 is 0 Å². The fraction of sp³-hybridized carbons (Fsp3) is 0.353. The molecule has 0 aliphatic heterocycles. The Balaban J connectivity index is 1.93. The zero-order valence-corrected chi connectivity index (χ0v) is 27.3. The number of hydrogen-bond acceptors (Lipinski definition) is 6. The number of amides is 1. The Bertz CT molecular complexity index is 1710. The summed E-state index contributed by atoms with van der Waals surface area (Å²) in [6.07, 6.45) is 2.10. The smallest absolute Gasteiger partial charge is 0.258 e. The van der Waals surface area contributed by atoms with Crippen LogP contribution in [0.5, 0.6) is 5.75 Å². The van der Waals surface area contributed by atoms with Gasteiger partial charge in [0.05, 0.1) is 23.9 Å². The third kappa shape index (κ3) is 6.49.